The monoisotopic (exact) mass is 348 g/mol. The maximum absolute atomic E-state index is 13.0. The molecule has 2 atom stereocenters. The Morgan fingerprint density at radius 2 is 2.04 bits per heavy atom. The maximum atomic E-state index is 13.0. The van der Waals surface area contributed by atoms with E-state index >= 15 is 0 Å². The first-order valence-corrected chi connectivity index (χ1v) is 8.68. The molecule has 4 rings (SSSR count). The fourth-order valence-corrected chi connectivity index (χ4v) is 3.67. The van der Waals surface area contributed by atoms with E-state index in [9.17, 15) is 9.59 Å². The summed E-state index contributed by atoms with van der Waals surface area (Å²) in [5.41, 5.74) is 3.43. The predicted molar refractivity (Wildman–Crippen MR) is 99.4 cm³/mol. The molecule has 3 aromatic rings. The Kier molecular flexibility index (Phi) is 4.16. The number of fused-ring (bicyclic) bond motifs is 1. The van der Waals surface area contributed by atoms with Crippen LogP contribution in [-0.4, -0.2) is 33.7 Å². The molecule has 2 N–H and O–H groups in total. The second-order valence-electron chi connectivity index (χ2n) is 6.63. The van der Waals surface area contributed by atoms with Gasteiger partial charge in [-0.15, -0.1) is 0 Å². The van der Waals surface area contributed by atoms with Gasteiger partial charge in [0.15, 0.2) is 0 Å². The number of imidazole rings is 1. The van der Waals surface area contributed by atoms with E-state index in [0.29, 0.717) is 12.8 Å². The molecule has 1 aliphatic heterocycles. The number of carbonyl (C=O) groups is 2. The van der Waals surface area contributed by atoms with Crippen molar-refractivity contribution in [2.24, 2.45) is 5.92 Å². The fourth-order valence-electron chi connectivity index (χ4n) is 3.67. The Hall–Kier alpha value is -3.15. The number of nitrogens with zero attached hydrogens (tertiary/aromatic N) is 2. The van der Waals surface area contributed by atoms with Crippen LogP contribution in [0.4, 0.5) is 5.69 Å². The minimum Gasteiger partial charge on any atom is -0.345 e. The van der Waals surface area contributed by atoms with E-state index in [1.807, 2.05) is 48.5 Å². The topological polar surface area (TPSA) is 78.1 Å². The van der Waals surface area contributed by atoms with Crippen LogP contribution in [0.2, 0.25) is 0 Å². The van der Waals surface area contributed by atoms with Gasteiger partial charge in [0.2, 0.25) is 11.8 Å². The largest absolute Gasteiger partial charge is 0.345 e. The van der Waals surface area contributed by atoms with Gasteiger partial charge in [-0.1, -0.05) is 30.3 Å². The zero-order valence-electron chi connectivity index (χ0n) is 14.5. The standard InChI is InChI=1S/C20H20N4O2/c1-24-18(25)10-8-15(19(24)13-5-3-2-4-6-13)20(26)23-14-7-9-16-17(11-14)22-12-21-16/h2-7,9,11-12,15,19H,8,10H2,1H3,(H,21,22)(H,23,26). The zero-order chi connectivity index (χ0) is 18.1. The fraction of sp³-hybridized carbons (Fsp3) is 0.250. The molecule has 1 fully saturated rings. The number of piperidine rings is 1. The van der Waals surface area contributed by atoms with E-state index in [4.69, 9.17) is 0 Å². The minimum atomic E-state index is -0.294. The minimum absolute atomic E-state index is 0.0711. The molecule has 0 aliphatic carbocycles. The summed E-state index contributed by atoms with van der Waals surface area (Å²) in [5.74, 6) is -0.295. The molecule has 1 aromatic heterocycles. The van der Waals surface area contributed by atoms with Gasteiger partial charge in [0.05, 0.1) is 29.3 Å². The summed E-state index contributed by atoms with van der Waals surface area (Å²) in [6, 6.07) is 15.1. The van der Waals surface area contributed by atoms with E-state index in [1.54, 1.807) is 18.3 Å². The molecular weight excluding hydrogens is 328 g/mol. The maximum Gasteiger partial charge on any atom is 0.229 e. The van der Waals surface area contributed by atoms with E-state index in [0.717, 1.165) is 22.3 Å². The Morgan fingerprint density at radius 1 is 1.23 bits per heavy atom. The van der Waals surface area contributed by atoms with Crippen LogP contribution < -0.4 is 5.32 Å². The Bertz CT molecular complexity index is 951. The highest BCUT2D eigenvalue weighted by atomic mass is 16.2. The predicted octanol–water partition coefficient (Wildman–Crippen LogP) is 3.11. The molecule has 2 aromatic carbocycles. The third kappa shape index (κ3) is 2.94. The lowest BCUT2D eigenvalue weighted by Gasteiger charge is -2.38. The van der Waals surface area contributed by atoms with Gasteiger partial charge in [0, 0.05) is 19.2 Å². The number of likely N-dealkylation sites (tertiary alicyclic amines) is 1. The van der Waals surface area contributed by atoms with Gasteiger partial charge >= 0.3 is 0 Å². The number of rotatable bonds is 3. The average molecular weight is 348 g/mol. The van der Waals surface area contributed by atoms with Gasteiger partial charge in [0.25, 0.3) is 0 Å². The van der Waals surface area contributed by atoms with Crippen LogP contribution in [0.15, 0.2) is 54.9 Å². The molecule has 26 heavy (non-hydrogen) atoms. The van der Waals surface area contributed by atoms with E-state index in [2.05, 4.69) is 15.3 Å². The Labute approximate surface area is 151 Å². The van der Waals surface area contributed by atoms with Crippen molar-refractivity contribution >= 4 is 28.5 Å². The number of H-pyrrole nitrogens is 1. The number of nitrogens with one attached hydrogen (secondary N) is 2. The van der Waals surface area contributed by atoms with Gasteiger partial charge in [-0.3, -0.25) is 9.59 Å². The molecular formula is C20H20N4O2. The van der Waals surface area contributed by atoms with Gasteiger partial charge in [0.1, 0.15) is 0 Å². The van der Waals surface area contributed by atoms with Crippen molar-refractivity contribution in [3.05, 3.63) is 60.4 Å². The van der Waals surface area contributed by atoms with Crippen molar-refractivity contribution in [2.75, 3.05) is 12.4 Å². The summed E-state index contributed by atoms with van der Waals surface area (Å²) in [6.07, 6.45) is 2.56. The molecule has 132 valence electrons. The molecule has 6 nitrogen and oxygen atoms in total. The molecule has 2 amide bonds. The number of carbonyl (C=O) groups excluding carboxylic acids is 2. The van der Waals surface area contributed by atoms with Crippen LogP contribution >= 0.6 is 0 Å². The second kappa shape index (κ2) is 6.63. The molecule has 0 bridgehead atoms. The molecule has 0 saturated carbocycles. The van der Waals surface area contributed by atoms with Gasteiger partial charge in [-0.05, 0) is 30.2 Å². The lowest BCUT2D eigenvalue weighted by atomic mass is 9.84. The van der Waals surface area contributed by atoms with Crippen LogP contribution in [-0.2, 0) is 9.59 Å². The summed E-state index contributed by atoms with van der Waals surface area (Å²) in [5, 5.41) is 3.00. The van der Waals surface area contributed by atoms with Crippen molar-refractivity contribution in [3.8, 4) is 0 Å². The van der Waals surface area contributed by atoms with Crippen LogP contribution in [0.5, 0.6) is 0 Å². The highest BCUT2D eigenvalue weighted by Crippen LogP contribution is 2.36. The summed E-state index contributed by atoms with van der Waals surface area (Å²) in [4.78, 5) is 34.1. The van der Waals surface area contributed by atoms with Gasteiger partial charge in [-0.25, -0.2) is 4.98 Å². The van der Waals surface area contributed by atoms with Crippen molar-refractivity contribution < 1.29 is 9.59 Å². The zero-order valence-corrected chi connectivity index (χ0v) is 14.5. The molecule has 0 spiro atoms. The summed E-state index contributed by atoms with van der Waals surface area (Å²) >= 11 is 0. The number of amides is 2. The number of anilines is 1. The Balaban J connectivity index is 1.60. The third-order valence-electron chi connectivity index (χ3n) is 5.03. The summed E-state index contributed by atoms with van der Waals surface area (Å²) in [7, 11) is 1.77. The summed E-state index contributed by atoms with van der Waals surface area (Å²) in [6.45, 7) is 0. The summed E-state index contributed by atoms with van der Waals surface area (Å²) < 4.78 is 0. The van der Waals surface area contributed by atoms with Gasteiger partial charge in [-0.2, -0.15) is 0 Å². The molecule has 6 heteroatoms. The van der Waals surface area contributed by atoms with Crippen LogP contribution in [0, 0.1) is 5.92 Å². The smallest absolute Gasteiger partial charge is 0.229 e. The molecule has 2 heterocycles. The van der Waals surface area contributed by atoms with E-state index in [-0.39, 0.29) is 23.8 Å². The number of aromatic amines is 1. The Morgan fingerprint density at radius 3 is 2.85 bits per heavy atom. The lowest BCUT2D eigenvalue weighted by Crippen LogP contribution is -2.44. The molecule has 1 aliphatic rings. The van der Waals surface area contributed by atoms with Crippen LogP contribution in [0.3, 0.4) is 0 Å². The van der Waals surface area contributed by atoms with Crippen molar-refractivity contribution in [2.45, 2.75) is 18.9 Å². The molecule has 0 radical (unpaired) electrons. The molecule has 1 saturated heterocycles. The second-order valence-corrected chi connectivity index (χ2v) is 6.63. The SMILES string of the molecule is CN1C(=O)CCC(C(=O)Nc2ccc3nc[nH]c3c2)C1c1ccccc1. The van der Waals surface area contributed by atoms with Crippen LogP contribution in [0.25, 0.3) is 11.0 Å². The van der Waals surface area contributed by atoms with Crippen molar-refractivity contribution in [1.29, 1.82) is 0 Å². The first kappa shape index (κ1) is 16.3. The third-order valence-corrected chi connectivity index (χ3v) is 5.03. The highest BCUT2D eigenvalue weighted by molar-refractivity contribution is 5.96. The normalized spacial score (nSPS) is 20.3. The first-order valence-electron chi connectivity index (χ1n) is 8.68. The number of hydrogen-bond donors (Lipinski definition) is 2. The quantitative estimate of drug-likeness (QED) is 0.763. The van der Waals surface area contributed by atoms with Crippen LogP contribution in [0.1, 0.15) is 24.4 Å². The molecule has 2 unspecified atom stereocenters. The van der Waals surface area contributed by atoms with Gasteiger partial charge < -0.3 is 15.2 Å². The highest BCUT2D eigenvalue weighted by Gasteiger charge is 2.38. The number of aromatic nitrogens is 2. The van der Waals surface area contributed by atoms with E-state index < -0.39 is 0 Å². The lowest BCUT2D eigenvalue weighted by molar-refractivity contribution is -0.140. The number of hydrogen-bond acceptors (Lipinski definition) is 3. The number of benzene rings is 2. The average Bonchev–Trinajstić information content (AvgIpc) is 3.12. The first-order chi connectivity index (χ1) is 12.6. The van der Waals surface area contributed by atoms with Crippen molar-refractivity contribution in [3.63, 3.8) is 0 Å². The van der Waals surface area contributed by atoms with E-state index in [1.165, 1.54) is 0 Å². The van der Waals surface area contributed by atoms with Crippen molar-refractivity contribution in [1.82, 2.24) is 14.9 Å².